The largest absolute Gasteiger partial charge is 0.369 e. The van der Waals surface area contributed by atoms with Crippen molar-refractivity contribution >= 4 is 5.69 Å². The highest BCUT2D eigenvalue weighted by atomic mass is 15.2. The van der Waals surface area contributed by atoms with Crippen molar-refractivity contribution in [3.05, 3.63) is 65.7 Å². The van der Waals surface area contributed by atoms with Crippen LogP contribution in [0.2, 0.25) is 0 Å². The lowest BCUT2D eigenvalue weighted by Gasteiger charge is -2.38. The van der Waals surface area contributed by atoms with E-state index in [2.05, 4.69) is 66.4 Å². The van der Waals surface area contributed by atoms with E-state index >= 15 is 0 Å². The molecule has 0 spiro atoms. The van der Waals surface area contributed by atoms with E-state index < -0.39 is 0 Å². The zero-order valence-corrected chi connectivity index (χ0v) is 12.0. The predicted octanol–water partition coefficient (Wildman–Crippen LogP) is 3.32. The molecule has 104 valence electrons. The summed E-state index contributed by atoms with van der Waals surface area (Å²) in [6, 6.07) is 19.7. The first-order chi connectivity index (χ1) is 9.72. The number of nitrogens with zero attached hydrogens (tertiary/aromatic N) is 1. The Morgan fingerprint density at radius 1 is 1.00 bits per heavy atom. The maximum Gasteiger partial charge on any atom is 0.0366 e. The molecule has 0 radical (unpaired) electrons. The third-order valence-corrected chi connectivity index (χ3v) is 4.12. The summed E-state index contributed by atoms with van der Waals surface area (Å²) in [5.41, 5.74) is 10.3. The maximum absolute atomic E-state index is 6.29. The van der Waals surface area contributed by atoms with Gasteiger partial charge in [-0.2, -0.15) is 0 Å². The van der Waals surface area contributed by atoms with Crippen LogP contribution >= 0.6 is 0 Å². The molecule has 0 bridgehead atoms. The fraction of sp³-hybridized carbons (Fsp3) is 0.333. The fourth-order valence-corrected chi connectivity index (χ4v) is 3.15. The second-order valence-corrected chi connectivity index (χ2v) is 5.85. The standard InChI is InChI=1S/C18H22N2/c1-14-6-5-7-15(10-14)16-11-17(19)13-20(12-16)18-8-3-2-4-9-18/h2-10,16-17H,11-13,19H2,1H3. The number of para-hydroxylation sites is 1. The molecule has 0 aromatic heterocycles. The number of piperidine rings is 1. The lowest BCUT2D eigenvalue weighted by Crippen LogP contribution is -2.46. The molecule has 2 heteroatoms. The van der Waals surface area contributed by atoms with Gasteiger partial charge < -0.3 is 10.6 Å². The number of hydrogen-bond donors (Lipinski definition) is 1. The van der Waals surface area contributed by atoms with Crippen LogP contribution in [0.4, 0.5) is 5.69 Å². The van der Waals surface area contributed by atoms with E-state index in [4.69, 9.17) is 5.73 Å². The lowest BCUT2D eigenvalue weighted by molar-refractivity contribution is 0.454. The highest BCUT2D eigenvalue weighted by molar-refractivity contribution is 5.47. The Morgan fingerprint density at radius 2 is 1.80 bits per heavy atom. The summed E-state index contributed by atoms with van der Waals surface area (Å²) in [5, 5.41) is 0. The molecule has 2 N–H and O–H groups in total. The summed E-state index contributed by atoms with van der Waals surface area (Å²) in [7, 11) is 0. The quantitative estimate of drug-likeness (QED) is 0.903. The van der Waals surface area contributed by atoms with Gasteiger partial charge in [0.2, 0.25) is 0 Å². The number of benzene rings is 2. The Hall–Kier alpha value is -1.80. The van der Waals surface area contributed by atoms with E-state index in [0.717, 1.165) is 19.5 Å². The van der Waals surface area contributed by atoms with Gasteiger partial charge in [0, 0.05) is 30.7 Å². The topological polar surface area (TPSA) is 29.3 Å². The highest BCUT2D eigenvalue weighted by Crippen LogP contribution is 2.29. The summed E-state index contributed by atoms with van der Waals surface area (Å²) in [5.74, 6) is 0.527. The molecular weight excluding hydrogens is 244 g/mol. The Balaban J connectivity index is 1.83. The zero-order chi connectivity index (χ0) is 13.9. The van der Waals surface area contributed by atoms with Gasteiger partial charge in [-0.25, -0.2) is 0 Å². The van der Waals surface area contributed by atoms with Gasteiger partial charge in [0.1, 0.15) is 0 Å². The average molecular weight is 266 g/mol. The minimum Gasteiger partial charge on any atom is -0.369 e. The second kappa shape index (κ2) is 5.68. The minimum atomic E-state index is 0.245. The third kappa shape index (κ3) is 2.86. The van der Waals surface area contributed by atoms with Gasteiger partial charge in [-0.1, -0.05) is 48.0 Å². The lowest BCUT2D eigenvalue weighted by atomic mass is 9.87. The van der Waals surface area contributed by atoms with Crippen LogP contribution in [0.3, 0.4) is 0 Å². The highest BCUT2D eigenvalue weighted by Gasteiger charge is 2.26. The Morgan fingerprint density at radius 3 is 2.55 bits per heavy atom. The van der Waals surface area contributed by atoms with Crippen LogP contribution in [0.15, 0.2) is 54.6 Å². The minimum absolute atomic E-state index is 0.245. The van der Waals surface area contributed by atoms with Crippen LogP contribution in [-0.2, 0) is 0 Å². The molecule has 1 fully saturated rings. The zero-order valence-electron chi connectivity index (χ0n) is 12.0. The fourth-order valence-electron chi connectivity index (χ4n) is 3.15. The SMILES string of the molecule is Cc1cccc(C2CC(N)CN(c3ccccc3)C2)c1. The van der Waals surface area contributed by atoms with E-state index in [9.17, 15) is 0 Å². The van der Waals surface area contributed by atoms with Gasteiger partial charge in [-0.15, -0.1) is 0 Å². The van der Waals surface area contributed by atoms with Crippen LogP contribution in [0, 0.1) is 6.92 Å². The summed E-state index contributed by atoms with van der Waals surface area (Å²) in [6.07, 6.45) is 1.08. The van der Waals surface area contributed by atoms with Crippen LogP contribution in [0.25, 0.3) is 0 Å². The number of nitrogens with two attached hydrogens (primary N) is 1. The molecule has 0 aliphatic carbocycles. The van der Waals surface area contributed by atoms with E-state index in [0.29, 0.717) is 5.92 Å². The molecule has 3 rings (SSSR count). The molecule has 0 saturated carbocycles. The van der Waals surface area contributed by atoms with Crippen LogP contribution in [0.1, 0.15) is 23.5 Å². The molecule has 0 amide bonds. The van der Waals surface area contributed by atoms with Gasteiger partial charge in [0.15, 0.2) is 0 Å². The van der Waals surface area contributed by atoms with Crippen molar-refractivity contribution in [2.24, 2.45) is 5.73 Å². The molecule has 1 aliphatic heterocycles. The summed E-state index contributed by atoms with van der Waals surface area (Å²) >= 11 is 0. The first-order valence-electron chi connectivity index (χ1n) is 7.34. The van der Waals surface area contributed by atoms with Crippen molar-refractivity contribution in [1.82, 2.24) is 0 Å². The van der Waals surface area contributed by atoms with Crippen molar-refractivity contribution in [2.75, 3.05) is 18.0 Å². The molecule has 2 aromatic rings. The number of hydrogen-bond acceptors (Lipinski definition) is 2. The van der Waals surface area contributed by atoms with Crippen LogP contribution < -0.4 is 10.6 Å². The summed E-state index contributed by atoms with van der Waals surface area (Å²) in [4.78, 5) is 2.42. The van der Waals surface area contributed by atoms with Crippen LogP contribution in [-0.4, -0.2) is 19.1 Å². The molecule has 2 aromatic carbocycles. The average Bonchev–Trinajstić information content (AvgIpc) is 2.47. The van der Waals surface area contributed by atoms with Gasteiger partial charge in [0.25, 0.3) is 0 Å². The van der Waals surface area contributed by atoms with Crippen molar-refractivity contribution in [3.63, 3.8) is 0 Å². The number of aryl methyl sites for hydroxylation is 1. The third-order valence-electron chi connectivity index (χ3n) is 4.12. The maximum atomic E-state index is 6.29. The molecule has 20 heavy (non-hydrogen) atoms. The van der Waals surface area contributed by atoms with E-state index in [1.807, 2.05) is 0 Å². The second-order valence-electron chi connectivity index (χ2n) is 5.85. The normalized spacial score (nSPS) is 22.8. The summed E-state index contributed by atoms with van der Waals surface area (Å²) in [6.45, 7) is 4.16. The van der Waals surface area contributed by atoms with E-state index in [1.165, 1.54) is 16.8 Å². The molecule has 2 unspecified atom stereocenters. The number of anilines is 1. The molecule has 1 heterocycles. The van der Waals surface area contributed by atoms with Crippen LogP contribution in [0.5, 0.6) is 0 Å². The Kier molecular flexibility index (Phi) is 3.75. The van der Waals surface area contributed by atoms with E-state index in [-0.39, 0.29) is 6.04 Å². The van der Waals surface area contributed by atoms with Crippen molar-refractivity contribution < 1.29 is 0 Å². The van der Waals surface area contributed by atoms with Crippen molar-refractivity contribution in [3.8, 4) is 0 Å². The first-order valence-corrected chi connectivity index (χ1v) is 7.34. The first kappa shape index (κ1) is 13.2. The number of rotatable bonds is 2. The van der Waals surface area contributed by atoms with Gasteiger partial charge in [-0.05, 0) is 31.0 Å². The monoisotopic (exact) mass is 266 g/mol. The molecule has 2 nitrogen and oxygen atoms in total. The van der Waals surface area contributed by atoms with E-state index in [1.54, 1.807) is 0 Å². The molecule has 2 atom stereocenters. The predicted molar refractivity (Wildman–Crippen MR) is 85.2 cm³/mol. The van der Waals surface area contributed by atoms with Crippen molar-refractivity contribution in [1.29, 1.82) is 0 Å². The molecular formula is C18H22N2. The molecule has 1 saturated heterocycles. The smallest absolute Gasteiger partial charge is 0.0366 e. The molecule has 1 aliphatic rings. The van der Waals surface area contributed by atoms with Gasteiger partial charge in [-0.3, -0.25) is 0 Å². The Bertz CT molecular complexity index is 565. The Labute approximate surface area is 121 Å². The van der Waals surface area contributed by atoms with Gasteiger partial charge >= 0.3 is 0 Å². The van der Waals surface area contributed by atoms with Crippen molar-refractivity contribution in [2.45, 2.75) is 25.3 Å². The van der Waals surface area contributed by atoms with Gasteiger partial charge in [0.05, 0.1) is 0 Å². The summed E-state index contributed by atoms with van der Waals surface area (Å²) < 4.78 is 0.